The van der Waals surface area contributed by atoms with E-state index in [-0.39, 0.29) is 0 Å². The van der Waals surface area contributed by atoms with Crippen LogP contribution in [0.3, 0.4) is 0 Å². The zero-order valence-corrected chi connectivity index (χ0v) is 13.5. The first kappa shape index (κ1) is 16.3. The molecule has 0 aliphatic rings. The summed E-state index contributed by atoms with van der Waals surface area (Å²) < 4.78 is 0. The molecule has 0 bridgehead atoms. The van der Waals surface area contributed by atoms with Crippen LogP contribution in [0, 0.1) is 11.3 Å². The number of nitriles is 1. The van der Waals surface area contributed by atoms with Crippen molar-refractivity contribution in [2.75, 3.05) is 19.0 Å². The number of hydrogen-bond donors (Lipinski definition) is 0. The normalized spacial score (nSPS) is 11.3. The van der Waals surface area contributed by atoms with Gasteiger partial charge in [-0.15, -0.1) is 0 Å². The third-order valence-electron chi connectivity index (χ3n) is 3.36. The van der Waals surface area contributed by atoms with Crippen LogP contribution in [-0.4, -0.2) is 14.1 Å². The maximum atomic E-state index is 8.75. The SMILES string of the molecule is CN(C)c1ccc(/C=C/C=C/C=C/c2ccc(C#N)cc2)cc1. The molecule has 2 nitrogen and oxygen atoms in total. The zero-order chi connectivity index (χ0) is 16.5. The van der Waals surface area contributed by atoms with Crippen molar-refractivity contribution in [1.82, 2.24) is 0 Å². The van der Waals surface area contributed by atoms with Crippen LogP contribution in [0.1, 0.15) is 16.7 Å². The standard InChI is InChI=1S/C21H20N2/c1-23(2)21-15-13-19(14-16-21)8-6-4-3-5-7-18-9-11-20(17-22)12-10-18/h3-16H,1-2H3/b4-3+,7-5+,8-6+. The smallest absolute Gasteiger partial charge is 0.0991 e. The Kier molecular flexibility index (Phi) is 5.97. The van der Waals surface area contributed by atoms with Crippen molar-refractivity contribution in [1.29, 1.82) is 5.26 Å². The third-order valence-corrected chi connectivity index (χ3v) is 3.36. The van der Waals surface area contributed by atoms with Gasteiger partial charge in [-0.05, 0) is 35.4 Å². The number of hydrogen-bond acceptors (Lipinski definition) is 2. The van der Waals surface area contributed by atoms with E-state index in [0.717, 1.165) is 5.56 Å². The summed E-state index contributed by atoms with van der Waals surface area (Å²) in [5.41, 5.74) is 4.14. The molecule has 0 amide bonds. The van der Waals surface area contributed by atoms with Gasteiger partial charge < -0.3 is 4.90 Å². The molecule has 0 aliphatic heterocycles. The van der Waals surface area contributed by atoms with E-state index in [1.165, 1.54) is 11.3 Å². The lowest BCUT2D eigenvalue weighted by Gasteiger charge is -2.11. The summed E-state index contributed by atoms with van der Waals surface area (Å²) in [6, 6.07) is 18.0. The second-order valence-electron chi connectivity index (χ2n) is 5.32. The van der Waals surface area contributed by atoms with Crippen LogP contribution in [0.5, 0.6) is 0 Å². The maximum absolute atomic E-state index is 8.75. The molecule has 0 unspecified atom stereocenters. The van der Waals surface area contributed by atoms with E-state index in [9.17, 15) is 0 Å². The summed E-state index contributed by atoms with van der Waals surface area (Å²) in [5, 5.41) is 8.75. The van der Waals surface area contributed by atoms with Crippen LogP contribution in [0.15, 0.2) is 72.8 Å². The van der Waals surface area contributed by atoms with Crippen LogP contribution < -0.4 is 4.90 Å². The summed E-state index contributed by atoms with van der Waals surface area (Å²) in [5.74, 6) is 0. The van der Waals surface area contributed by atoms with Gasteiger partial charge in [-0.1, -0.05) is 60.7 Å². The first-order valence-electron chi connectivity index (χ1n) is 7.48. The van der Waals surface area contributed by atoms with E-state index in [0.29, 0.717) is 5.56 Å². The summed E-state index contributed by atoms with van der Waals surface area (Å²) >= 11 is 0. The fourth-order valence-electron chi connectivity index (χ4n) is 2.01. The van der Waals surface area contributed by atoms with Crippen molar-refractivity contribution in [2.45, 2.75) is 0 Å². The predicted octanol–water partition coefficient (Wildman–Crippen LogP) is 4.91. The summed E-state index contributed by atoms with van der Waals surface area (Å²) in [6.45, 7) is 0. The largest absolute Gasteiger partial charge is 0.378 e. The Labute approximate surface area is 138 Å². The first-order valence-corrected chi connectivity index (χ1v) is 7.48. The summed E-state index contributed by atoms with van der Waals surface area (Å²) in [7, 11) is 4.07. The Balaban J connectivity index is 1.88. The van der Waals surface area contributed by atoms with Crippen LogP contribution in [-0.2, 0) is 0 Å². The Morgan fingerprint density at radius 3 is 1.65 bits per heavy atom. The van der Waals surface area contributed by atoms with Crippen molar-refractivity contribution in [2.24, 2.45) is 0 Å². The lowest BCUT2D eigenvalue weighted by atomic mass is 10.1. The molecule has 2 heteroatoms. The monoisotopic (exact) mass is 300 g/mol. The molecule has 114 valence electrons. The van der Waals surface area contributed by atoms with Gasteiger partial charge >= 0.3 is 0 Å². The number of benzene rings is 2. The molecule has 0 saturated heterocycles. The molecule has 2 rings (SSSR count). The minimum absolute atomic E-state index is 0.681. The Morgan fingerprint density at radius 2 is 1.22 bits per heavy atom. The zero-order valence-electron chi connectivity index (χ0n) is 13.5. The number of rotatable bonds is 5. The maximum Gasteiger partial charge on any atom is 0.0991 e. The number of anilines is 1. The number of allylic oxidation sites excluding steroid dienone is 4. The lowest BCUT2D eigenvalue weighted by Crippen LogP contribution is -2.07. The van der Waals surface area contributed by atoms with Crippen molar-refractivity contribution >= 4 is 17.8 Å². The van der Waals surface area contributed by atoms with E-state index in [1.54, 1.807) is 0 Å². The van der Waals surface area contributed by atoms with Gasteiger partial charge in [-0.25, -0.2) is 0 Å². The van der Waals surface area contributed by atoms with Gasteiger partial charge in [-0.2, -0.15) is 5.26 Å². The van der Waals surface area contributed by atoms with Crippen LogP contribution in [0.2, 0.25) is 0 Å². The molecule has 0 radical (unpaired) electrons. The molecule has 0 heterocycles. The van der Waals surface area contributed by atoms with Gasteiger partial charge in [-0.3, -0.25) is 0 Å². The van der Waals surface area contributed by atoms with Crippen LogP contribution in [0.4, 0.5) is 5.69 Å². The highest BCUT2D eigenvalue weighted by atomic mass is 15.1. The first-order chi connectivity index (χ1) is 11.2. The van der Waals surface area contributed by atoms with Gasteiger partial charge in [0, 0.05) is 19.8 Å². The van der Waals surface area contributed by atoms with E-state index in [4.69, 9.17) is 5.26 Å². The van der Waals surface area contributed by atoms with Gasteiger partial charge in [0.1, 0.15) is 0 Å². The molecule has 0 N–H and O–H groups in total. The molecule has 2 aromatic rings. The average Bonchev–Trinajstić information content (AvgIpc) is 2.59. The fourth-order valence-corrected chi connectivity index (χ4v) is 2.01. The highest BCUT2D eigenvalue weighted by Crippen LogP contribution is 2.13. The average molecular weight is 300 g/mol. The minimum Gasteiger partial charge on any atom is -0.378 e. The molecule has 0 atom stereocenters. The second-order valence-corrected chi connectivity index (χ2v) is 5.32. The van der Waals surface area contributed by atoms with Crippen LogP contribution in [0.25, 0.3) is 12.2 Å². The van der Waals surface area contributed by atoms with Crippen LogP contribution >= 0.6 is 0 Å². The Morgan fingerprint density at radius 1 is 0.739 bits per heavy atom. The lowest BCUT2D eigenvalue weighted by molar-refractivity contribution is 1.13. The predicted molar refractivity (Wildman–Crippen MR) is 99.1 cm³/mol. The van der Waals surface area contributed by atoms with Gasteiger partial charge in [0.05, 0.1) is 11.6 Å². The van der Waals surface area contributed by atoms with Gasteiger partial charge in [0.25, 0.3) is 0 Å². The van der Waals surface area contributed by atoms with E-state index in [1.807, 2.05) is 68.7 Å². The van der Waals surface area contributed by atoms with E-state index < -0.39 is 0 Å². The fraction of sp³-hybridized carbons (Fsp3) is 0.0952. The molecule has 0 aliphatic carbocycles. The minimum atomic E-state index is 0.681. The topological polar surface area (TPSA) is 27.0 Å². The molecule has 0 fully saturated rings. The number of nitrogens with zero attached hydrogens (tertiary/aromatic N) is 2. The highest BCUT2D eigenvalue weighted by Gasteiger charge is 1.92. The summed E-state index contributed by atoms with van der Waals surface area (Å²) in [6.07, 6.45) is 12.1. The second kappa shape index (κ2) is 8.41. The molecule has 23 heavy (non-hydrogen) atoms. The molecule has 0 spiro atoms. The molecule has 2 aromatic carbocycles. The van der Waals surface area contributed by atoms with Crippen molar-refractivity contribution < 1.29 is 0 Å². The quantitative estimate of drug-likeness (QED) is 0.734. The van der Waals surface area contributed by atoms with Crippen molar-refractivity contribution in [3.05, 3.63) is 89.5 Å². The highest BCUT2D eigenvalue weighted by molar-refractivity contribution is 5.57. The van der Waals surface area contributed by atoms with E-state index in [2.05, 4.69) is 41.3 Å². The van der Waals surface area contributed by atoms with E-state index >= 15 is 0 Å². The molecule has 0 saturated carbocycles. The Hall–Kier alpha value is -3.05. The third kappa shape index (κ3) is 5.33. The molecule has 0 aromatic heterocycles. The van der Waals surface area contributed by atoms with Gasteiger partial charge in [0.2, 0.25) is 0 Å². The molecular formula is C21H20N2. The summed E-state index contributed by atoms with van der Waals surface area (Å²) in [4.78, 5) is 2.08. The van der Waals surface area contributed by atoms with Crippen molar-refractivity contribution in [3.63, 3.8) is 0 Å². The molecular weight excluding hydrogens is 280 g/mol. The Bertz CT molecular complexity index is 740. The van der Waals surface area contributed by atoms with Crippen molar-refractivity contribution in [3.8, 4) is 6.07 Å². The van der Waals surface area contributed by atoms with Gasteiger partial charge in [0.15, 0.2) is 0 Å².